The fourth-order valence-corrected chi connectivity index (χ4v) is 4.72. The van der Waals surface area contributed by atoms with Gasteiger partial charge in [-0.25, -0.2) is 4.98 Å². The molecule has 0 bridgehead atoms. The molecule has 0 radical (unpaired) electrons. The number of carbonyl (C=O) groups excluding carboxylic acids is 1. The summed E-state index contributed by atoms with van der Waals surface area (Å²) in [5, 5.41) is 3.29. The Labute approximate surface area is 196 Å². The summed E-state index contributed by atoms with van der Waals surface area (Å²) < 4.78 is 19.9. The number of hydrogen-bond donors (Lipinski definition) is 1. The zero-order valence-electron chi connectivity index (χ0n) is 17.8. The molecule has 2 heterocycles. The van der Waals surface area contributed by atoms with Gasteiger partial charge in [0.2, 0.25) is 11.7 Å². The molecule has 0 aliphatic carbocycles. The third-order valence-corrected chi connectivity index (χ3v) is 6.46. The van der Waals surface area contributed by atoms with Crippen LogP contribution in [-0.4, -0.2) is 41.0 Å². The number of benzene rings is 2. The summed E-state index contributed by atoms with van der Waals surface area (Å²) in [5.41, 5.74) is 1.52. The SMILES string of the molecule is COc1ccc(C2(Cn3ccnc3)OCC(CSc3ccc(NC(C)=O)cc3)O2)c(Cl)c1. The molecule has 9 heteroatoms. The fourth-order valence-electron chi connectivity index (χ4n) is 3.54. The number of methoxy groups -OCH3 is 1. The standard InChI is InChI=1S/C23H24ClN3O4S/c1-16(28)26-17-3-6-20(7-4-17)32-13-19-12-30-23(31-19,14-27-10-9-25-15-27)21-8-5-18(29-2)11-22(21)24/h3-11,15,19H,12-14H2,1-2H3,(H,26,28). The molecule has 7 nitrogen and oxygen atoms in total. The van der Waals surface area contributed by atoms with E-state index in [0.717, 1.165) is 16.1 Å². The average Bonchev–Trinajstić information content (AvgIpc) is 3.43. The summed E-state index contributed by atoms with van der Waals surface area (Å²) in [6.45, 7) is 2.35. The lowest BCUT2D eigenvalue weighted by molar-refractivity contribution is -0.184. The molecule has 1 saturated heterocycles. The number of rotatable bonds is 8. The number of thioether (sulfide) groups is 1. The number of hydrogen-bond acceptors (Lipinski definition) is 6. The van der Waals surface area contributed by atoms with E-state index >= 15 is 0 Å². The molecule has 1 aliphatic rings. The van der Waals surface area contributed by atoms with Crippen molar-refractivity contribution in [2.45, 2.75) is 30.3 Å². The molecule has 1 N–H and O–H groups in total. The molecule has 1 fully saturated rings. The molecular weight excluding hydrogens is 450 g/mol. The van der Waals surface area contributed by atoms with E-state index < -0.39 is 5.79 Å². The summed E-state index contributed by atoms with van der Waals surface area (Å²) in [5.74, 6) is 0.265. The van der Waals surface area contributed by atoms with Crippen LogP contribution in [0.15, 0.2) is 66.1 Å². The number of nitrogens with one attached hydrogen (secondary N) is 1. The molecule has 2 aromatic carbocycles. The molecule has 0 spiro atoms. The minimum atomic E-state index is -1.02. The lowest BCUT2D eigenvalue weighted by Gasteiger charge is -2.30. The molecule has 1 aromatic heterocycles. The Morgan fingerprint density at radius 3 is 2.81 bits per heavy atom. The van der Waals surface area contributed by atoms with Crippen molar-refractivity contribution in [3.63, 3.8) is 0 Å². The molecule has 4 rings (SSSR count). The maximum Gasteiger partial charge on any atom is 0.221 e. The summed E-state index contributed by atoms with van der Waals surface area (Å²) in [7, 11) is 1.60. The van der Waals surface area contributed by atoms with Gasteiger partial charge >= 0.3 is 0 Å². The number of amides is 1. The van der Waals surface area contributed by atoms with Gasteiger partial charge in [0, 0.05) is 41.2 Å². The normalized spacial score (nSPS) is 20.3. The van der Waals surface area contributed by atoms with Crippen LogP contribution in [0.2, 0.25) is 5.02 Å². The van der Waals surface area contributed by atoms with Crippen LogP contribution in [0.1, 0.15) is 12.5 Å². The maximum absolute atomic E-state index is 11.2. The Bertz CT molecular complexity index is 1060. The van der Waals surface area contributed by atoms with E-state index in [4.69, 9.17) is 25.8 Å². The van der Waals surface area contributed by atoms with Gasteiger partial charge in [0.25, 0.3) is 0 Å². The topological polar surface area (TPSA) is 74.6 Å². The summed E-state index contributed by atoms with van der Waals surface area (Å²) in [6.07, 6.45) is 5.18. The van der Waals surface area contributed by atoms with E-state index in [1.165, 1.54) is 6.92 Å². The second-order valence-electron chi connectivity index (χ2n) is 7.40. The molecule has 168 valence electrons. The third kappa shape index (κ3) is 5.27. The largest absolute Gasteiger partial charge is 0.497 e. The second-order valence-corrected chi connectivity index (χ2v) is 8.90. The zero-order chi connectivity index (χ0) is 22.6. The number of carbonyl (C=O) groups is 1. The highest BCUT2D eigenvalue weighted by Crippen LogP contribution is 2.41. The van der Waals surface area contributed by atoms with Crippen molar-refractivity contribution in [2.75, 3.05) is 24.8 Å². The Kier molecular flexibility index (Phi) is 7.05. The van der Waals surface area contributed by atoms with Gasteiger partial charge in [0.15, 0.2) is 0 Å². The minimum Gasteiger partial charge on any atom is -0.497 e. The van der Waals surface area contributed by atoms with Crippen LogP contribution in [0.5, 0.6) is 5.75 Å². The van der Waals surface area contributed by atoms with Gasteiger partial charge in [-0.3, -0.25) is 4.79 Å². The predicted octanol–water partition coefficient (Wildman–Crippen LogP) is 4.56. The van der Waals surface area contributed by atoms with Crippen LogP contribution in [0.3, 0.4) is 0 Å². The zero-order valence-corrected chi connectivity index (χ0v) is 19.4. The quantitative estimate of drug-likeness (QED) is 0.483. The highest BCUT2D eigenvalue weighted by molar-refractivity contribution is 7.99. The first-order valence-electron chi connectivity index (χ1n) is 10.1. The number of ether oxygens (including phenoxy) is 3. The monoisotopic (exact) mass is 473 g/mol. The van der Waals surface area contributed by atoms with Crippen molar-refractivity contribution in [3.8, 4) is 5.75 Å². The number of anilines is 1. The van der Waals surface area contributed by atoms with Crippen LogP contribution < -0.4 is 10.1 Å². The van der Waals surface area contributed by atoms with Gasteiger partial charge in [-0.2, -0.15) is 0 Å². The second kappa shape index (κ2) is 9.95. The first kappa shape index (κ1) is 22.7. The van der Waals surface area contributed by atoms with Gasteiger partial charge in [0.05, 0.1) is 37.7 Å². The van der Waals surface area contributed by atoms with Crippen LogP contribution in [0, 0.1) is 0 Å². The average molecular weight is 474 g/mol. The van der Waals surface area contributed by atoms with Crippen molar-refractivity contribution in [3.05, 3.63) is 71.8 Å². The van der Waals surface area contributed by atoms with E-state index in [0.29, 0.717) is 29.7 Å². The van der Waals surface area contributed by atoms with Gasteiger partial charge in [-0.1, -0.05) is 11.6 Å². The number of halogens is 1. The summed E-state index contributed by atoms with van der Waals surface area (Å²) >= 11 is 8.26. The molecule has 2 atom stereocenters. The van der Waals surface area contributed by atoms with Gasteiger partial charge < -0.3 is 24.1 Å². The summed E-state index contributed by atoms with van der Waals surface area (Å²) in [6, 6.07) is 13.2. The fraction of sp³-hybridized carbons (Fsp3) is 0.304. The molecule has 32 heavy (non-hydrogen) atoms. The molecular formula is C23H24ClN3O4S. The van der Waals surface area contributed by atoms with Crippen molar-refractivity contribution in [1.29, 1.82) is 0 Å². The first-order chi connectivity index (χ1) is 15.5. The van der Waals surface area contributed by atoms with E-state index in [1.807, 2.05) is 47.2 Å². The third-order valence-electron chi connectivity index (χ3n) is 5.01. The van der Waals surface area contributed by atoms with Crippen LogP contribution in [0.4, 0.5) is 5.69 Å². The van der Waals surface area contributed by atoms with Crippen molar-refractivity contribution in [1.82, 2.24) is 9.55 Å². The Morgan fingerprint density at radius 1 is 1.34 bits per heavy atom. The van der Waals surface area contributed by atoms with Crippen LogP contribution in [-0.2, 0) is 26.6 Å². The van der Waals surface area contributed by atoms with Crippen LogP contribution in [0.25, 0.3) is 0 Å². The Morgan fingerprint density at radius 2 is 2.16 bits per heavy atom. The van der Waals surface area contributed by atoms with Gasteiger partial charge in [0.1, 0.15) is 5.75 Å². The lowest BCUT2D eigenvalue weighted by Crippen LogP contribution is -2.34. The van der Waals surface area contributed by atoms with Crippen molar-refractivity contribution < 1.29 is 19.0 Å². The summed E-state index contributed by atoms with van der Waals surface area (Å²) in [4.78, 5) is 16.4. The highest BCUT2D eigenvalue weighted by atomic mass is 35.5. The van der Waals surface area contributed by atoms with Crippen molar-refractivity contribution >= 4 is 35.0 Å². The minimum absolute atomic E-state index is 0.0895. The van der Waals surface area contributed by atoms with Gasteiger partial charge in [-0.15, -0.1) is 11.8 Å². The van der Waals surface area contributed by atoms with E-state index in [-0.39, 0.29) is 12.0 Å². The Hall–Kier alpha value is -2.52. The Balaban J connectivity index is 1.48. The predicted molar refractivity (Wildman–Crippen MR) is 124 cm³/mol. The van der Waals surface area contributed by atoms with Gasteiger partial charge in [-0.05, 0) is 42.5 Å². The van der Waals surface area contributed by atoms with E-state index in [1.54, 1.807) is 37.5 Å². The lowest BCUT2D eigenvalue weighted by atomic mass is 10.1. The maximum atomic E-state index is 11.2. The van der Waals surface area contributed by atoms with Crippen molar-refractivity contribution in [2.24, 2.45) is 0 Å². The van der Waals surface area contributed by atoms with Crippen LogP contribution >= 0.6 is 23.4 Å². The molecule has 0 saturated carbocycles. The number of imidazole rings is 1. The first-order valence-corrected chi connectivity index (χ1v) is 11.5. The molecule has 2 unspecified atom stereocenters. The number of aromatic nitrogens is 2. The molecule has 3 aromatic rings. The van der Waals surface area contributed by atoms with E-state index in [2.05, 4.69) is 10.3 Å². The smallest absolute Gasteiger partial charge is 0.221 e. The molecule has 1 aliphatic heterocycles. The van der Waals surface area contributed by atoms with E-state index in [9.17, 15) is 4.79 Å². The molecule has 1 amide bonds. The highest BCUT2D eigenvalue weighted by Gasteiger charge is 2.45. The number of nitrogens with zero attached hydrogens (tertiary/aromatic N) is 2.